The summed E-state index contributed by atoms with van der Waals surface area (Å²) in [5.41, 5.74) is -0.496. The number of esters is 1. The van der Waals surface area contributed by atoms with Gasteiger partial charge in [0.05, 0.1) is 6.20 Å². The van der Waals surface area contributed by atoms with Gasteiger partial charge in [0.25, 0.3) is 0 Å². The third kappa shape index (κ3) is 4.29. The number of nitrogens with zero attached hydrogens (tertiary/aromatic N) is 1. The average molecular weight is 223 g/mol. The van der Waals surface area contributed by atoms with Gasteiger partial charge in [-0.1, -0.05) is 0 Å². The van der Waals surface area contributed by atoms with Crippen LogP contribution >= 0.6 is 0 Å². The lowest BCUT2D eigenvalue weighted by Crippen LogP contribution is -2.33. The van der Waals surface area contributed by atoms with Crippen LogP contribution in [0.15, 0.2) is 24.5 Å². The molecule has 0 saturated heterocycles. The zero-order valence-electron chi connectivity index (χ0n) is 10.1. The topological polar surface area (TPSA) is 48.4 Å². The summed E-state index contributed by atoms with van der Waals surface area (Å²) in [6.45, 7) is 7.12. The Kier molecular flexibility index (Phi) is 3.88. The van der Waals surface area contributed by atoms with E-state index < -0.39 is 11.7 Å². The SMILES string of the molecule is CC(Oc1cccnc1)C(=O)OC(C)(C)C. The fourth-order valence-corrected chi connectivity index (χ4v) is 1.05. The van der Waals surface area contributed by atoms with Crippen LogP contribution in [-0.2, 0) is 9.53 Å². The van der Waals surface area contributed by atoms with Crippen molar-refractivity contribution in [1.82, 2.24) is 4.98 Å². The Morgan fingerprint density at radius 3 is 2.62 bits per heavy atom. The molecule has 1 rings (SSSR count). The maximum Gasteiger partial charge on any atom is 0.347 e. The first kappa shape index (κ1) is 12.5. The summed E-state index contributed by atoms with van der Waals surface area (Å²) in [6, 6.07) is 3.49. The van der Waals surface area contributed by atoms with Crippen molar-refractivity contribution in [2.75, 3.05) is 0 Å². The number of carbonyl (C=O) groups is 1. The molecular formula is C12H17NO3. The quantitative estimate of drug-likeness (QED) is 0.737. The van der Waals surface area contributed by atoms with Crippen molar-refractivity contribution in [3.05, 3.63) is 24.5 Å². The second kappa shape index (κ2) is 4.96. The Hall–Kier alpha value is -1.58. The lowest BCUT2D eigenvalue weighted by atomic mass is 10.2. The summed E-state index contributed by atoms with van der Waals surface area (Å²) in [5.74, 6) is 0.178. The van der Waals surface area contributed by atoms with Gasteiger partial charge in [-0.2, -0.15) is 0 Å². The number of rotatable bonds is 3. The van der Waals surface area contributed by atoms with E-state index in [4.69, 9.17) is 9.47 Å². The van der Waals surface area contributed by atoms with E-state index in [0.29, 0.717) is 5.75 Å². The summed E-state index contributed by atoms with van der Waals surface area (Å²) in [4.78, 5) is 15.5. The number of hydrogen-bond donors (Lipinski definition) is 0. The van der Waals surface area contributed by atoms with Crippen molar-refractivity contribution in [1.29, 1.82) is 0 Å². The summed E-state index contributed by atoms with van der Waals surface area (Å²) in [7, 11) is 0. The van der Waals surface area contributed by atoms with Crippen LogP contribution in [0.4, 0.5) is 0 Å². The minimum absolute atomic E-state index is 0.378. The Morgan fingerprint density at radius 2 is 2.12 bits per heavy atom. The molecule has 0 aliphatic carbocycles. The van der Waals surface area contributed by atoms with Gasteiger partial charge in [0.2, 0.25) is 0 Å². The third-order valence-corrected chi connectivity index (χ3v) is 1.69. The van der Waals surface area contributed by atoms with Gasteiger partial charge in [-0.3, -0.25) is 4.98 Å². The van der Waals surface area contributed by atoms with E-state index in [1.54, 1.807) is 31.5 Å². The fourth-order valence-electron chi connectivity index (χ4n) is 1.05. The first-order valence-electron chi connectivity index (χ1n) is 5.18. The van der Waals surface area contributed by atoms with Crippen LogP contribution in [-0.4, -0.2) is 22.7 Å². The van der Waals surface area contributed by atoms with Gasteiger partial charge in [0.15, 0.2) is 6.10 Å². The molecule has 16 heavy (non-hydrogen) atoms. The highest BCUT2D eigenvalue weighted by atomic mass is 16.6. The first-order chi connectivity index (χ1) is 7.38. The summed E-state index contributed by atoms with van der Waals surface area (Å²) < 4.78 is 10.6. The highest BCUT2D eigenvalue weighted by molar-refractivity contribution is 5.75. The monoisotopic (exact) mass is 223 g/mol. The van der Waals surface area contributed by atoms with Crippen LogP contribution in [0.5, 0.6) is 5.75 Å². The molecule has 0 aliphatic rings. The van der Waals surface area contributed by atoms with E-state index in [1.165, 1.54) is 0 Å². The number of aromatic nitrogens is 1. The fraction of sp³-hybridized carbons (Fsp3) is 0.500. The maximum absolute atomic E-state index is 11.6. The predicted molar refractivity (Wildman–Crippen MR) is 60.2 cm³/mol. The van der Waals surface area contributed by atoms with E-state index >= 15 is 0 Å². The van der Waals surface area contributed by atoms with Crippen LogP contribution in [0.3, 0.4) is 0 Å². The van der Waals surface area contributed by atoms with E-state index in [0.717, 1.165) is 0 Å². The molecule has 0 spiro atoms. The lowest BCUT2D eigenvalue weighted by molar-refractivity contribution is -0.162. The molecule has 0 amide bonds. The molecule has 4 nitrogen and oxygen atoms in total. The standard InChI is InChI=1S/C12H17NO3/c1-9(11(14)16-12(2,3)4)15-10-6-5-7-13-8-10/h5-9H,1-4H3. The average Bonchev–Trinajstić information content (AvgIpc) is 2.16. The van der Waals surface area contributed by atoms with E-state index in [9.17, 15) is 4.79 Å². The van der Waals surface area contributed by atoms with E-state index in [1.807, 2.05) is 20.8 Å². The molecule has 0 radical (unpaired) electrons. The number of hydrogen-bond acceptors (Lipinski definition) is 4. The molecule has 0 N–H and O–H groups in total. The van der Waals surface area contributed by atoms with Gasteiger partial charge >= 0.3 is 5.97 Å². The summed E-state index contributed by atoms with van der Waals surface area (Å²) >= 11 is 0. The Balaban J connectivity index is 2.53. The lowest BCUT2D eigenvalue weighted by Gasteiger charge is -2.22. The van der Waals surface area contributed by atoms with Crippen molar-refractivity contribution >= 4 is 5.97 Å². The van der Waals surface area contributed by atoms with Gasteiger partial charge < -0.3 is 9.47 Å². The molecule has 0 bridgehead atoms. The molecule has 1 heterocycles. The molecule has 1 atom stereocenters. The van der Waals surface area contributed by atoms with Crippen molar-refractivity contribution in [3.63, 3.8) is 0 Å². The van der Waals surface area contributed by atoms with Gasteiger partial charge in [0, 0.05) is 6.20 Å². The molecule has 0 saturated carbocycles. The zero-order chi connectivity index (χ0) is 12.2. The minimum atomic E-state index is -0.636. The van der Waals surface area contributed by atoms with Crippen molar-refractivity contribution in [3.8, 4) is 5.75 Å². The smallest absolute Gasteiger partial charge is 0.347 e. The molecule has 0 aliphatic heterocycles. The van der Waals surface area contributed by atoms with Crippen molar-refractivity contribution in [2.24, 2.45) is 0 Å². The molecule has 4 heteroatoms. The van der Waals surface area contributed by atoms with E-state index in [-0.39, 0.29) is 5.97 Å². The second-order valence-electron chi connectivity index (χ2n) is 4.48. The second-order valence-corrected chi connectivity index (χ2v) is 4.48. The van der Waals surface area contributed by atoms with Crippen LogP contribution < -0.4 is 4.74 Å². The van der Waals surface area contributed by atoms with E-state index in [2.05, 4.69) is 4.98 Å². The van der Waals surface area contributed by atoms with Crippen LogP contribution in [0.2, 0.25) is 0 Å². The number of pyridine rings is 1. The Labute approximate surface area is 95.6 Å². The largest absolute Gasteiger partial charge is 0.477 e. The highest BCUT2D eigenvalue weighted by Crippen LogP contribution is 2.13. The van der Waals surface area contributed by atoms with Gasteiger partial charge in [-0.25, -0.2) is 4.79 Å². The van der Waals surface area contributed by atoms with Crippen molar-refractivity contribution in [2.45, 2.75) is 39.4 Å². The predicted octanol–water partition coefficient (Wildman–Crippen LogP) is 2.19. The van der Waals surface area contributed by atoms with Crippen molar-refractivity contribution < 1.29 is 14.3 Å². The molecule has 1 unspecified atom stereocenters. The summed E-state index contributed by atoms with van der Waals surface area (Å²) in [6.07, 6.45) is 2.56. The Morgan fingerprint density at radius 1 is 1.44 bits per heavy atom. The first-order valence-corrected chi connectivity index (χ1v) is 5.18. The molecular weight excluding hydrogens is 206 g/mol. The third-order valence-electron chi connectivity index (χ3n) is 1.69. The van der Waals surface area contributed by atoms with Crippen LogP contribution in [0.25, 0.3) is 0 Å². The highest BCUT2D eigenvalue weighted by Gasteiger charge is 2.22. The number of ether oxygens (including phenoxy) is 2. The molecule has 1 aromatic heterocycles. The maximum atomic E-state index is 11.6. The Bertz CT molecular complexity index is 343. The summed E-state index contributed by atoms with van der Waals surface area (Å²) in [5, 5.41) is 0. The molecule has 0 aromatic carbocycles. The van der Waals surface area contributed by atoms with Crippen LogP contribution in [0, 0.1) is 0 Å². The minimum Gasteiger partial charge on any atom is -0.477 e. The van der Waals surface area contributed by atoms with Gasteiger partial charge in [-0.05, 0) is 39.8 Å². The van der Waals surface area contributed by atoms with Gasteiger partial charge in [-0.15, -0.1) is 0 Å². The molecule has 0 fully saturated rings. The normalized spacial score (nSPS) is 13.0. The molecule has 88 valence electrons. The zero-order valence-corrected chi connectivity index (χ0v) is 10.1. The van der Waals surface area contributed by atoms with Gasteiger partial charge in [0.1, 0.15) is 11.4 Å². The number of carbonyl (C=O) groups excluding carboxylic acids is 1. The van der Waals surface area contributed by atoms with Crippen LogP contribution in [0.1, 0.15) is 27.7 Å². The molecule has 1 aromatic rings.